The molecule has 90 valence electrons. The molecule has 0 bridgehead atoms. The Labute approximate surface area is 99.0 Å². The Morgan fingerprint density at radius 2 is 2.12 bits per heavy atom. The second-order valence-corrected chi connectivity index (χ2v) is 4.48. The molecule has 0 radical (unpaired) electrons. The van der Waals surface area contributed by atoms with Gasteiger partial charge in [0.25, 0.3) is 5.91 Å². The summed E-state index contributed by atoms with van der Waals surface area (Å²) in [6.07, 6.45) is 1.62. The highest BCUT2D eigenvalue weighted by Gasteiger charge is 2.21. The van der Waals surface area contributed by atoms with Crippen LogP contribution in [0.25, 0.3) is 11.1 Å². The number of fused-ring (bicyclic) bond motifs is 1. The van der Waals surface area contributed by atoms with Crippen LogP contribution in [0, 0.1) is 0 Å². The maximum atomic E-state index is 12.2. The Kier molecular flexibility index (Phi) is 2.40. The summed E-state index contributed by atoms with van der Waals surface area (Å²) in [5, 5.41) is 0. The number of rotatable bonds is 1. The van der Waals surface area contributed by atoms with Gasteiger partial charge in [0.2, 0.25) is 0 Å². The van der Waals surface area contributed by atoms with Crippen molar-refractivity contribution in [2.24, 2.45) is 0 Å². The molecule has 3 heterocycles. The van der Waals surface area contributed by atoms with E-state index in [1.165, 1.54) is 0 Å². The second kappa shape index (κ2) is 3.92. The second-order valence-electron chi connectivity index (χ2n) is 4.48. The van der Waals surface area contributed by atoms with Crippen LogP contribution < -0.4 is 0 Å². The largest absolute Gasteiger partial charge is 0.463 e. The minimum atomic E-state index is 0.0597. The Morgan fingerprint density at radius 1 is 1.35 bits per heavy atom. The lowest BCUT2D eigenvalue weighted by Gasteiger charge is -2.32. The van der Waals surface area contributed by atoms with Crippen LogP contribution in [-0.4, -0.2) is 53.9 Å². The average molecular weight is 233 g/mol. The van der Waals surface area contributed by atoms with E-state index >= 15 is 0 Å². The van der Waals surface area contributed by atoms with Crippen molar-refractivity contribution in [1.29, 1.82) is 0 Å². The van der Waals surface area contributed by atoms with E-state index in [4.69, 9.17) is 4.42 Å². The average Bonchev–Trinajstić information content (AvgIpc) is 2.89. The van der Waals surface area contributed by atoms with Crippen LogP contribution in [0.4, 0.5) is 0 Å². The van der Waals surface area contributed by atoms with Crippen molar-refractivity contribution in [2.75, 3.05) is 33.2 Å². The summed E-state index contributed by atoms with van der Waals surface area (Å²) in [5.41, 5.74) is 2.23. The molecule has 3 rings (SSSR count). The van der Waals surface area contributed by atoms with Gasteiger partial charge in [0.05, 0.1) is 11.8 Å². The molecule has 0 spiro atoms. The van der Waals surface area contributed by atoms with Crippen molar-refractivity contribution in [2.45, 2.75) is 0 Å². The molecule has 2 aromatic rings. The summed E-state index contributed by atoms with van der Waals surface area (Å²) in [5.74, 6) is 0.0597. The number of aromatic amines is 1. The quantitative estimate of drug-likeness (QED) is 0.803. The molecule has 1 N–H and O–H groups in total. The Morgan fingerprint density at radius 3 is 2.82 bits per heavy atom. The number of hydrogen-bond donors (Lipinski definition) is 1. The fraction of sp³-hybridized carbons (Fsp3) is 0.417. The number of piperazine rings is 1. The zero-order valence-corrected chi connectivity index (χ0v) is 9.77. The molecule has 1 aliphatic rings. The number of furan rings is 1. The molecule has 17 heavy (non-hydrogen) atoms. The third kappa shape index (κ3) is 1.82. The molecule has 0 atom stereocenters. The third-order valence-electron chi connectivity index (χ3n) is 3.26. The van der Waals surface area contributed by atoms with E-state index in [2.05, 4.69) is 16.9 Å². The normalized spacial score (nSPS) is 17.8. The van der Waals surface area contributed by atoms with Gasteiger partial charge >= 0.3 is 0 Å². The van der Waals surface area contributed by atoms with Crippen molar-refractivity contribution >= 4 is 17.0 Å². The van der Waals surface area contributed by atoms with Gasteiger partial charge in [-0.05, 0) is 7.05 Å². The minimum Gasteiger partial charge on any atom is -0.463 e. The molecule has 0 aromatic carbocycles. The van der Waals surface area contributed by atoms with Crippen molar-refractivity contribution in [3.63, 3.8) is 0 Å². The number of H-pyrrole nitrogens is 1. The van der Waals surface area contributed by atoms with Crippen LogP contribution in [-0.2, 0) is 0 Å². The topological polar surface area (TPSA) is 52.5 Å². The van der Waals surface area contributed by atoms with Gasteiger partial charge in [-0.25, -0.2) is 0 Å². The molecule has 1 amide bonds. The zero-order valence-electron chi connectivity index (χ0n) is 9.77. The summed E-state index contributed by atoms with van der Waals surface area (Å²) >= 11 is 0. The maximum absolute atomic E-state index is 12.2. The van der Waals surface area contributed by atoms with Gasteiger partial charge in [-0.3, -0.25) is 4.79 Å². The van der Waals surface area contributed by atoms with Gasteiger partial charge in [0.1, 0.15) is 5.69 Å². The predicted molar refractivity (Wildman–Crippen MR) is 64.0 cm³/mol. The predicted octanol–water partition coefficient (Wildman–Crippen LogP) is 1.15. The van der Waals surface area contributed by atoms with Gasteiger partial charge in [0.15, 0.2) is 5.58 Å². The molecule has 1 saturated heterocycles. The first-order chi connectivity index (χ1) is 8.24. The summed E-state index contributed by atoms with van der Waals surface area (Å²) in [6.45, 7) is 3.44. The van der Waals surface area contributed by atoms with Crippen molar-refractivity contribution in [3.05, 3.63) is 24.1 Å². The number of carbonyl (C=O) groups excluding carboxylic acids is 1. The van der Waals surface area contributed by atoms with Gasteiger partial charge < -0.3 is 19.2 Å². The van der Waals surface area contributed by atoms with Crippen LogP contribution >= 0.6 is 0 Å². The van der Waals surface area contributed by atoms with Crippen LogP contribution in [0.2, 0.25) is 0 Å². The molecule has 0 unspecified atom stereocenters. The van der Waals surface area contributed by atoms with Gasteiger partial charge in [-0.1, -0.05) is 0 Å². The molecule has 1 aliphatic heterocycles. The molecule has 0 aliphatic carbocycles. The number of aromatic nitrogens is 1. The van der Waals surface area contributed by atoms with Crippen LogP contribution in [0.1, 0.15) is 10.5 Å². The van der Waals surface area contributed by atoms with E-state index in [0.29, 0.717) is 5.69 Å². The van der Waals surface area contributed by atoms with Gasteiger partial charge in [0, 0.05) is 38.3 Å². The first kappa shape index (κ1) is 10.4. The highest BCUT2D eigenvalue weighted by Crippen LogP contribution is 2.17. The first-order valence-electron chi connectivity index (χ1n) is 5.78. The lowest BCUT2D eigenvalue weighted by molar-refractivity contribution is 0.0659. The Balaban J connectivity index is 1.79. The van der Waals surface area contributed by atoms with Crippen LogP contribution in [0.5, 0.6) is 0 Å². The summed E-state index contributed by atoms with van der Waals surface area (Å²) < 4.78 is 5.24. The maximum Gasteiger partial charge on any atom is 0.270 e. The Hall–Kier alpha value is -1.75. The Bertz CT molecular complexity index is 506. The number of amides is 1. The molecule has 5 nitrogen and oxygen atoms in total. The van der Waals surface area contributed by atoms with Gasteiger partial charge in [-0.2, -0.15) is 0 Å². The first-order valence-corrected chi connectivity index (χ1v) is 5.78. The molecular formula is C12H15N3O2. The van der Waals surface area contributed by atoms with Gasteiger partial charge in [-0.15, -0.1) is 0 Å². The SMILES string of the molecule is CN1CCN(C(=O)c2cc3occc3[nH]2)CC1. The van der Waals surface area contributed by atoms with E-state index < -0.39 is 0 Å². The fourth-order valence-corrected chi connectivity index (χ4v) is 2.14. The number of likely N-dealkylation sites (N-methyl/N-ethyl adjacent to an activating group) is 1. The lowest BCUT2D eigenvalue weighted by Crippen LogP contribution is -2.47. The number of nitrogens with zero attached hydrogens (tertiary/aromatic N) is 2. The third-order valence-corrected chi connectivity index (χ3v) is 3.26. The fourth-order valence-electron chi connectivity index (χ4n) is 2.14. The van der Waals surface area contributed by atoms with Crippen LogP contribution in [0.3, 0.4) is 0 Å². The van der Waals surface area contributed by atoms with E-state index in [1.54, 1.807) is 12.3 Å². The summed E-state index contributed by atoms with van der Waals surface area (Å²) in [7, 11) is 2.07. The zero-order chi connectivity index (χ0) is 11.8. The van der Waals surface area contributed by atoms with E-state index in [1.807, 2.05) is 11.0 Å². The smallest absolute Gasteiger partial charge is 0.270 e. The molecule has 0 saturated carbocycles. The van der Waals surface area contributed by atoms with Crippen molar-refractivity contribution < 1.29 is 9.21 Å². The van der Waals surface area contributed by atoms with Crippen molar-refractivity contribution in [1.82, 2.24) is 14.8 Å². The number of nitrogens with one attached hydrogen (secondary N) is 1. The number of carbonyl (C=O) groups is 1. The van der Waals surface area contributed by atoms with Crippen LogP contribution in [0.15, 0.2) is 22.8 Å². The summed E-state index contributed by atoms with van der Waals surface area (Å²) in [6, 6.07) is 3.60. The minimum absolute atomic E-state index is 0.0597. The standard InChI is InChI=1S/C12H15N3O2/c1-14-3-5-15(6-4-14)12(16)10-8-11-9(13-10)2-7-17-11/h2,7-8,13H,3-6H2,1H3. The number of hydrogen-bond acceptors (Lipinski definition) is 3. The highest BCUT2D eigenvalue weighted by atomic mass is 16.3. The van der Waals surface area contributed by atoms with E-state index in [9.17, 15) is 4.79 Å². The summed E-state index contributed by atoms with van der Waals surface area (Å²) in [4.78, 5) is 19.4. The molecule has 5 heteroatoms. The van der Waals surface area contributed by atoms with Crippen molar-refractivity contribution in [3.8, 4) is 0 Å². The lowest BCUT2D eigenvalue weighted by atomic mass is 10.3. The van der Waals surface area contributed by atoms with E-state index in [0.717, 1.165) is 37.3 Å². The van der Waals surface area contributed by atoms with E-state index in [-0.39, 0.29) is 5.91 Å². The monoisotopic (exact) mass is 233 g/mol. The highest BCUT2D eigenvalue weighted by molar-refractivity contribution is 5.96. The molecular weight excluding hydrogens is 218 g/mol. The molecule has 1 fully saturated rings. The molecule has 2 aromatic heterocycles.